The molecule has 3 nitrogen and oxygen atoms in total. The number of carbonyl (C=O) groups is 1. The van der Waals surface area contributed by atoms with Crippen molar-refractivity contribution in [3.8, 4) is 0 Å². The van der Waals surface area contributed by atoms with Gasteiger partial charge in [-0.3, -0.25) is 9.48 Å². The van der Waals surface area contributed by atoms with E-state index in [9.17, 15) is 9.18 Å². The fourth-order valence-corrected chi connectivity index (χ4v) is 2.36. The van der Waals surface area contributed by atoms with Crippen LogP contribution in [0.15, 0.2) is 28.9 Å². The summed E-state index contributed by atoms with van der Waals surface area (Å²) in [6, 6.07) is 4.35. The lowest BCUT2D eigenvalue weighted by Crippen LogP contribution is -2.06. The predicted molar refractivity (Wildman–Crippen MR) is 74.7 cm³/mol. The van der Waals surface area contributed by atoms with Gasteiger partial charge >= 0.3 is 0 Å². The van der Waals surface area contributed by atoms with E-state index in [2.05, 4.69) is 21.0 Å². The van der Waals surface area contributed by atoms with Crippen LogP contribution in [0.1, 0.15) is 28.5 Å². The van der Waals surface area contributed by atoms with E-state index in [-0.39, 0.29) is 18.0 Å². The highest BCUT2D eigenvalue weighted by Crippen LogP contribution is 2.20. The lowest BCUT2D eigenvalue weighted by Gasteiger charge is -2.04. The van der Waals surface area contributed by atoms with E-state index in [0.29, 0.717) is 17.5 Å². The first kappa shape index (κ1) is 13.9. The van der Waals surface area contributed by atoms with Crippen LogP contribution in [0.2, 0.25) is 0 Å². The molecule has 2 rings (SSSR count). The number of carbonyl (C=O) groups excluding carboxylic acids is 1. The molecule has 0 aliphatic rings. The summed E-state index contributed by atoms with van der Waals surface area (Å²) in [4.78, 5) is 12.3. The van der Waals surface area contributed by atoms with Crippen LogP contribution in [0.5, 0.6) is 0 Å². The lowest BCUT2D eigenvalue weighted by atomic mass is 10.0. The molecule has 0 saturated carbocycles. The number of halogens is 2. The number of ketones is 1. The zero-order chi connectivity index (χ0) is 14.0. The fraction of sp³-hybridized carbons (Fsp3) is 0.286. The van der Waals surface area contributed by atoms with E-state index in [0.717, 1.165) is 10.2 Å². The Balaban J connectivity index is 2.27. The summed E-state index contributed by atoms with van der Waals surface area (Å²) >= 11 is 3.33. The van der Waals surface area contributed by atoms with Crippen LogP contribution in [0.25, 0.3) is 0 Å². The quantitative estimate of drug-likeness (QED) is 0.809. The van der Waals surface area contributed by atoms with Gasteiger partial charge in [0.15, 0.2) is 5.78 Å². The molecular formula is C14H14BrFN2O. The van der Waals surface area contributed by atoms with Crippen molar-refractivity contribution in [2.45, 2.75) is 19.8 Å². The Morgan fingerprint density at radius 2 is 2.21 bits per heavy atom. The minimum atomic E-state index is -0.340. The van der Waals surface area contributed by atoms with Gasteiger partial charge in [-0.25, -0.2) is 4.39 Å². The average Bonchev–Trinajstić information content (AvgIpc) is 2.75. The summed E-state index contributed by atoms with van der Waals surface area (Å²) in [5.74, 6) is -0.385. The van der Waals surface area contributed by atoms with Crippen LogP contribution >= 0.6 is 15.9 Å². The van der Waals surface area contributed by atoms with Crippen molar-refractivity contribution in [2.75, 3.05) is 0 Å². The number of Topliss-reactive ketones (excluding diaryl/α,β-unsaturated/α-hetero) is 1. The number of aromatic nitrogens is 2. The van der Waals surface area contributed by atoms with Crippen LogP contribution in [0, 0.1) is 5.82 Å². The third kappa shape index (κ3) is 3.10. The molecule has 100 valence electrons. The SMILES string of the molecule is CCc1nn(C)cc1C(=O)Cc1cc(F)ccc1Br. The Kier molecular flexibility index (Phi) is 4.14. The summed E-state index contributed by atoms with van der Waals surface area (Å²) in [5.41, 5.74) is 2.04. The Hall–Kier alpha value is -1.49. The molecule has 0 atom stereocenters. The van der Waals surface area contributed by atoms with Crippen LogP contribution in [0.4, 0.5) is 4.39 Å². The maximum absolute atomic E-state index is 13.2. The summed E-state index contributed by atoms with van der Waals surface area (Å²) in [7, 11) is 1.79. The number of hydrogen-bond acceptors (Lipinski definition) is 2. The lowest BCUT2D eigenvalue weighted by molar-refractivity contribution is 0.0992. The van der Waals surface area contributed by atoms with Crippen molar-refractivity contribution in [2.24, 2.45) is 7.05 Å². The highest BCUT2D eigenvalue weighted by Gasteiger charge is 2.16. The zero-order valence-electron chi connectivity index (χ0n) is 10.8. The van der Waals surface area contributed by atoms with Gasteiger partial charge in [0.05, 0.1) is 11.3 Å². The Morgan fingerprint density at radius 1 is 1.47 bits per heavy atom. The molecule has 2 aromatic rings. The topological polar surface area (TPSA) is 34.9 Å². The number of benzene rings is 1. The van der Waals surface area contributed by atoms with E-state index in [4.69, 9.17) is 0 Å². The maximum Gasteiger partial charge on any atom is 0.170 e. The van der Waals surface area contributed by atoms with Crippen molar-refractivity contribution in [3.63, 3.8) is 0 Å². The monoisotopic (exact) mass is 324 g/mol. The highest BCUT2D eigenvalue weighted by molar-refractivity contribution is 9.10. The minimum Gasteiger partial charge on any atom is -0.294 e. The molecule has 0 aliphatic heterocycles. The summed E-state index contributed by atoms with van der Waals surface area (Å²) in [6.45, 7) is 1.96. The molecule has 19 heavy (non-hydrogen) atoms. The molecule has 0 bridgehead atoms. The van der Waals surface area contributed by atoms with Crippen molar-refractivity contribution in [1.82, 2.24) is 9.78 Å². The van der Waals surface area contributed by atoms with Gasteiger partial charge in [-0.1, -0.05) is 22.9 Å². The molecule has 1 aromatic carbocycles. The normalized spacial score (nSPS) is 10.7. The summed E-state index contributed by atoms with van der Waals surface area (Å²) in [6.07, 6.45) is 2.58. The predicted octanol–water partition coefficient (Wildman–Crippen LogP) is 3.31. The standard InChI is InChI=1S/C14H14BrFN2O/c1-3-13-11(8-18(2)17-13)14(19)7-9-6-10(16)4-5-12(9)15/h4-6,8H,3,7H2,1-2H3. The molecular weight excluding hydrogens is 311 g/mol. The van der Waals surface area contributed by atoms with Gasteiger partial charge in [0.1, 0.15) is 5.82 Å². The van der Waals surface area contributed by atoms with E-state index in [1.54, 1.807) is 24.0 Å². The van der Waals surface area contributed by atoms with E-state index >= 15 is 0 Å². The second-order valence-corrected chi connectivity index (χ2v) is 5.21. The summed E-state index contributed by atoms with van der Waals surface area (Å²) in [5, 5.41) is 4.24. The van der Waals surface area contributed by atoms with Gasteiger partial charge in [-0.15, -0.1) is 0 Å². The Bertz CT molecular complexity index is 622. The largest absolute Gasteiger partial charge is 0.294 e. The molecule has 0 N–H and O–H groups in total. The number of nitrogens with zero attached hydrogens (tertiary/aromatic N) is 2. The molecule has 0 radical (unpaired) electrons. The molecule has 0 unspecified atom stereocenters. The van der Waals surface area contributed by atoms with Gasteiger partial charge in [0, 0.05) is 24.1 Å². The second-order valence-electron chi connectivity index (χ2n) is 4.35. The van der Waals surface area contributed by atoms with E-state index in [1.165, 1.54) is 12.1 Å². The van der Waals surface area contributed by atoms with Gasteiger partial charge in [-0.2, -0.15) is 5.10 Å². The van der Waals surface area contributed by atoms with Gasteiger partial charge < -0.3 is 0 Å². The smallest absolute Gasteiger partial charge is 0.170 e. The van der Waals surface area contributed by atoms with Crippen LogP contribution in [-0.4, -0.2) is 15.6 Å². The van der Waals surface area contributed by atoms with Gasteiger partial charge in [0.25, 0.3) is 0 Å². The van der Waals surface area contributed by atoms with Crippen molar-refractivity contribution >= 4 is 21.7 Å². The van der Waals surface area contributed by atoms with Crippen LogP contribution < -0.4 is 0 Å². The first-order chi connectivity index (χ1) is 9.01. The van der Waals surface area contributed by atoms with Gasteiger partial charge in [0.2, 0.25) is 0 Å². The Labute approximate surface area is 119 Å². The van der Waals surface area contributed by atoms with Crippen LogP contribution in [-0.2, 0) is 19.9 Å². The molecule has 0 saturated heterocycles. The maximum atomic E-state index is 13.2. The molecule has 5 heteroatoms. The zero-order valence-corrected chi connectivity index (χ0v) is 12.4. The molecule has 0 aliphatic carbocycles. The average molecular weight is 325 g/mol. The van der Waals surface area contributed by atoms with Crippen molar-refractivity contribution in [3.05, 3.63) is 51.5 Å². The third-order valence-electron chi connectivity index (χ3n) is 2.90. The van der Waals surface area contributed by atoms with Crippen molar-refractivity contribution < 1.29 is 9.18 Å². The first-order valence-corrected chi connectivity index (χ1v) is 6.80. The van der Waals surface area contributed by atoms with E-state index < -0.39 is 0 Å². The number of rotatable bonds is 4. The van der Waals surface area contributed by atoms with Gasteiger partial charge in [-0.05, 0) is 30.2 Å². The van der Waals surface area contributed by atoms with E-state index in [1.807, 2.05) is 6.92 Å². The molecule has 1 aromatic heterocycles. The number of hydrogen-bond donors (Lipinski definition) is 0. The molecule has 0 fully saturated rings. The van der Waals surface area contributed by atoms with Crippen molar-refractivity contribution in [1.29, 1.82) is 0 Å². The first-order valence-electron chi connectivity index (χ1n) is 6.01. The molecule has 0 amide bonds. The minimum absolute atomic E-state index is 0.0451. The number of aryl methyl sites for hydroxylation is 2. The molecule has 0 spiro atoms. The Morgan fingerprint density at radius 3 is 2.89 bits per heavy atom. The summed E-state index contributed by atoms with van der Waals surface area (Å²) < 4.78 is 15.6. The van der Waals surface area contributed by atoms with Crippen LogP contribution in [0.3, 0.4) is 0 Å². The highest BCUT2D eigenvalue weighted by atomic mass is 79.9. The second kappa shape index (κ2) is 5.65. The third-order valence-corrected chi connectivity index (χ3v) is 3.67. The fourth-order valence-electron chi connectivity index (χ4n) is 1.98. The molecule has 1 heterocycles.